The third-order valence-corrected chi connectivity index (χ3v) is 22.2. The van der Waals surface area contributed by atoms with Crippen LogP contribution >= 0.6 is 15.6 Å². The molecule has 3 N–H and O–H groups in total. The second kappa shape index (κ2) is 78.7. The summed E-state index contributed by atoms with van der Waals surface area (Å²) < 4.78 is 68.8. The van der Waals surface area contributed by atoms with Crippen molar-refractivity contribution in [2.24, 2.45) is 5.92 Å². The zero-order valence-corrected chi connectivity index (χ0v) is 70.7. The van der Waals surface area contributed by atoms with Crippen molar-refractivity contribution in [1.82, 2.24) is 0 Å². The molecule has 0 heterocycles. The molecule has 0 rings (SSSR count). The van der Waals surface area contributed by atoms with Gasteiger partial charge in [0.05, 0.1) is 26.4 Å². The first-order valence-corrected chi connectivity index (χ1v) is 47.6. The molecule has 0 aliphatic heterocycles. The van der Waals surface area contributed by atoms with Crippen molar-refractivity contribution < 1.29 is 80.2 Å². The zero-order chi connectivity index (χ0) is 76.9. The Kier molecular flexibility index (Phi) is 77.3. The molecule has 0 fully saturated rings. The maximum Gasteiger partial charge on any atom is 0.472 e. The molecular formula is C86H168O17P2. The highest BCUT2D eigenvalue weighted by Gasteiger charge is 2.30. The highest BCUT2D eigenvalue weighted by Crippen LogP contribution is 2.45. The molecule has 0 aliphatic carbocycles. The molecule has 2 unspecified atom stereocenters. The minimum Gasteiger partial charge on any atom is -0.462 e. The second-order valence-electron chi connectivity index (χ2n) is 31.4. The normalized spacial score (nSPS) is 13.8. The Labute approximate surface area is 645 Å². The van der Waals surface area contributed by atoms with Gasteiger partial charge in [0.2, 0.25) is 0 Å². The molecule has 0 aromatic heterocycles. The minimum absolute atomic E-state index is 0.108. The SMILES string of the molecule is CCCCCCCCCCCCCCCCCCCCCCCC(=O)O[C@H](COC(=O)CCCCCCCCCCCCCCCCCCCCC)COP(=O)(O)OC[C@@H](O)COP(=O)(O)OC[C@@H](COC(=O)CCCCCCCCCCC)OC(=O)CCCCCCCCCCCCCCCC(C)C. The molecule has 0 saturated carbocycles. The molecular weight excluding hydrogens is 1370 g/mol. The molecule has 0 spiro atoms. The van der Waals surface area contributed by atoms with Gasteiger partial charge in [-0.25, -0.2) is 9.13 Å². The molecule has 17 nitrogen and oxygen atoms in total. The monoisotopic (exact) mass is 1540 g/mol. The number of aliphatic hydroxyl groups excluding tert-OH is 1. The molecule has 19 heteroatoms. The topological polar surface area (TPSA) is 237 Å². The van der Waals surface area contributed by atoms with Crippen molar-refractivity contribution >= 4 is 39.5 Å². The van der Waals surface area contributed by atoms with E-state index in [0.29, 0.717) is 25.7 Å². The fourth-order valence-electron chi connectivity index (χ4n) is 13.5. The minimum atomic E-state index is -4.96. The van der Waals surface area contributed by atoms with Gasteiger partial charge in [0, 0.05) is 25.7 Å². The summed E-state index contributed by atoms with van der Waals surface area (Å²) in [6.45, 7) is 7.36. The number of hydrogen-bond donors (Lipinski definition) is 3. The summed E-state index contributed by atoms with van der Waals surface area (Å²) in [6.07, 6.45) is 72.3. The van der Waals surface area contributed by atoms with Gasteiger partial charge in [-0.05, 0) is 31.6 Å². The van der Waals surface area contributed by atoms with Gasteiger partial charge in [-0.2, -0.15) is 0 Å². The Morgan fingerprint density at radius 3 is 0.648 bits per heavy atom. The molecule has 0 bridgehead atoms. The Hall–Kier alpha value is -1.94. The molecule has 0 aromatic carbocycles. The zero-order valence-electron chi connectivity index (χ0n) is 68.9. The average Bonchev–Trinajstić information content (AvgIpc) is 0.914. The number of rotatable bonds is 86. The van der Waals surface area contributed by atoms with Crippen LogP contribution in [0.25, 0.3) is 0 Å². The second-order valence-corrected chi connectivity index (χ2v) is 34.3. The number of phosphoric acid groups is 2. The summed E-state index contributed by atoms with van der Waals surface area (Å²) in [6, 6.07) is 0. The smallest absolute Gasteiger partial charge is 0.462 e. The van der Waals surface area contributed by atoms with Crippen LogP contribution in [-0.2, 0) is 65.4 Å². The van der Waals surface area contributed by atoms with Crippen molar-refractivity contribution in [1.29, 1.82) is 0 Å². The molecule has 0 amide bonds. The number of ether oxygens (including phenoxy) is 4. The van der Waals surface area contributed by atoms with E-state index in [9.17, 15) is 43.2 Å². The van der Waals surface area contributed by atoms with E-state index < -0.39 is 97.5 Å². The van der Waals surface area contributed by atoms with Crippen molar-refractivity contribution in [3.63, 3.8) is 0 Å². The van der Waals surface area contributed by atoms with Crippen LogP contribution in [0, 0.1) is 5.92 Å². The fraction of sp³-hybridized carbons (Fsp3) is 0.953. The van der Waals surface area contributed by atoms with Crippen LogP contribution in [0.5, 0.6) is 0 Å². The van der Waals surface area contributed by atoms with E-state index in [-0.39, 0.29) is 25.7 Å². The van der Waals surface area contributed by atoms with Crippen molar-refractivity contribution in [2.45, 2.75) is 483 Å². The van der Waals surface area contributed by atoms with Crippen LogP contribution in [-0.4, -0.2) is 96.7 Å². The van der Waals surface area contributed by atoms with Crippen LogP contribution in [0.4, 0.5) is 0 Å². The molecule has 0 radical (unpaired) electrons. The third-order valence-electron chi connectivity index (χ3n) is 20.3. The van der Waals surface area contributed by atoms with Crippen molar-refractivity contribution in [2.75, 3.05) is 39.6 Å². The number of aliphatic hydroxyl groups is 1. The molecule has 0 aliphatic rings. The maximum absolute atomic E-state index is 13.1. The number of hydrogen-bond acceptors (Lipinski definition) is 15. The number of carbonyl (C=O) groups excluding carboxylic acids is 4. The lowest BCUT2D eigenvalue weighted by molar-refractivity contribution is -0.161. The van der Waals surface area contributed by atoms with Crippen LogP contribution in [0.15, 0.2) is 0 Å². The number of esters is 4. The highest BCUT2D eigenvalue weighted by atomic mass is 31.2. The summed E-state index contributed by atoms with van der Waals surface area (Å²) >= 11 is 0. The summed E-state index contributed by atoms with van der Waals surface area (Å²) in [7, 11) is -9.92. The van der Waals surface area contributed by atoms with E-state index in [2.05, 4.69) is 34.6 Å². The van der Waals surface area contributed by atoms with Gasteiger partial charge >= 0.3 is 39.5 Å². The van der Waals surface area contributed by atoms with Gasteiger partial charge in [-0.3, -0.25) is 37.3 Å². The largest absolute Gasteiger partial charge is 0.472 e. The molecule has 0 saturated heterocycles. The summed E-state index contributed by atoms with van der Waals surface area (Å²) in [5.41, 5.74) is 0. The van der Waals surface area contributed by atoms with E-state index in [1.54, 1.807) is 0 Å². The standard InChI is InChI=1S/C86H168O17P2/c1-6-9-12-15-18-21-23-25-27-29-31-32-34-36-38-42-46-51-56-61-66-71-85(90)103-82(76-97-84(89)70-65-60-55-50-45-41-37-35-33-30-28-26-24-22-19-16-13-10-7-2)78-101-105(94,95)99-74-80(87)73-98-104(92,93)100-77-81(75-96-83(88)69-64-59-54-48-20-17-14-11-8-3)102-86(91)72-67-62-57-52-47-43-39-40-44-49-53-58-63-68-79(4)5/h79-82,87H,6-78H2,1-5H3,(H,92,93)(H,94,95)/t80-,81+,82+/m0/s1. The van der Waals surface area contributed by atoms with Gasteiger partial charge < -0.3 is 33.8 Å². The van der Waals surface area contributed by atoms with Crippen LogP contribution < -0.4 is 0 Å². The van der Waals surface area contributed by atoms with E-state index in [0.717, 1.165) is 95.8 Å². The Morgan fingerprint density at radius 2 is 0.438 bits per heavy atom. The van der Waals surface area contributed by atoms with E-state index in [1.165, 1.54) is 289 Å². The maximum atomic E-state index is 13.1. The quantitative estimate of drug-likeness (QED) is 0.0222. The highest BCUT2D eigenvalue weighted by molar-refractivity contribution is 7.47. The summed E-state index contributed by atoms with van der Waals surface area (Å²) in [4.78, 5) is 73.2. The first-order valence-electron chi connectivity index (χ1n) is 44.6. The first-order chi connectivity index (χ1) is 51.0. The van der Waals surface area contributed by atoms with Gasteiger partial charge in [-0.15, -0.1) is 0 Å². The Morgan fingerprint density at radius 1 is 0.257 bits per heavy atom. The van der Waals surface area contributed by atoms with Crippen molar-refractivity contribution in [3.05, 3.63) is 0 Å². The lowest BCUT2D eigenvalue weighted by atomic mass is 10.0. The molecule has 0 aromatic rings. The number of unbranched alkanes of at least 4 members (excludes halogenated alkanes) is 58. The number of carbonyl (C=O) groups is 4. The third kappa shape index (κ3) is 79.9. The van der Waals surface area contributed by atoms with Crippen LogP contribution in [0.2, 0.25) is 0 Å². The molecule has 5 atom stereocenters. The van der Waals surface area contributed by atoms with Gasteiger partial charge in [0.1, 0.15) is 19.3 Å². The van der Waals surface area contributed by atoms with E-state index in [1.807, 2.05) is 0 Å². The van der Waals surface area contributed by atoms with Gasteiger partial charge in [-0.1, -0.05) is 413 Å². The first kappa shape index (κ1) is 103. The number of phosphoric ester groups is 2. The summed E-state index contributed by atoms with van der Waals surface area (Å²) in [5, 5.41) is 10.7. The molecule has 624 valence electrons. The fourth-order valence-corrected chi connectivity index (χ4v) is 15.1. The Bertz CT molecular complexity index is 2000. The average molecular weight is 1540 g/mol. The van der Waals surface area contributed by atoms with Crippen molar-refractivity contribution in [3.8, 4) is 0 Å². The predicted octanol–water partition coefficient (Wildman–Crippen LogP) is 26.4. The van der Waals surface area contributed by atoms with E-state index >= 15 is 0 Å². The van der Waals surface area contributed by atoms with E-state index in [4.69, 9.17) is 37.0 Å². The summed E-state index contributed by atoms with van der Waals surface area (Å²) in [5.74, 6) is -1.31. The van der Waals surface area contributed by atoms with Gasteiger partial charge in [0.15, 0.2) is 12.2 Å². The lowest BCUT2D eigenvalue weighted by Gasteiger charge is -2.21. The van der Waals surface area contributed by atoms with Gasteiger partial charge in [0.25, 0.3) is 0 Å². The van der Waals surface area contributed by atoms with Crippen LogP contribution in [0.3, 0.4) is 0 Å². The predicted molar refractivity (Wildman–Crippen MR) is 432 cm³/mol. The lowest BCUT2D eigenvalue weighted by Crippen LogP contribution is -2.30. The Balaban J connectivity index is 5.20. The van der Waals surface area contributed by atoms with Crippen LogP contribution in [0.1, 0.15) is 465 Å². The molecule has 105 heavy (non-hydrogen) atoms.